The molecule has 0 heterocycles. The van der Waals surface area contributed by atoms with Crippen LogP contribution < -0.4 is 10.5 Å². The molecule has 0 aliphatic rings. The molecule has 0 aromatic heterocycles. The van der Waals surface area contributed by atoms with Gasteiger partial charge in [0.1, 0.15) is 5.75 Å². The first kappa shape index (κ1) is 13.3. The van der Waals surface area contributed by atoms with Gasteiger partial charge in [-0.05, 0) is 38.5 Å². The second kappa shape index (κ2) is 4.62. The predicted octanol–water partition coefficient (Wildman–Crippen LogP) is 2.43. The lowest BCUT2D eigenvalue weighted by Gasteiger charge is -2.27. The topological polar surface area (TPSA) is 55.5 Å². The molecule has 1 unspecified atom stereocenters. The van der Waals surface area contributed by atoms with Crippen LogP contribution in [-0.4, -0.2) is 17.8 Å². The van der Waals surface area contributed by atoms with E-state index in [2.05, 4.69) is 0 Å². The number of ether oxygens (including phenoxy) is 1. The van der Waals surface area contributed by atoms with Gasteiger partial charge in [-0.25, -0.2) is 0 Å². The lowest BCUT2D eigenvalue weighted by atomic mass is 9.91. The third-order valence-electron chi connectivity index (χ3n) is 2.61. The Morgan fingerprint density at radius 1 is 1.44 bits per heavy atom. The van der Waals surface area contributed by atoms with E-state index in [9.17, 15) is 5.11 Å². The fourth-order valence-corrected chi connectivity index (χ4v) is 1.64. The molecule has 1 rings (SSSR count). The maximum atomic E-state index is 9.90. The van der Waals surface area contributed by atoms with Crippen LogP contribution >= 0.6 is 11.6 Å². The van der Waals surface area contributed by atoms with Crippen LogP contribution in [0.3, 0.4) is 0 Å². The summed E-state index contributed by atoms with van der Waals surface area (Å²) in [4.78, 5) is 0. The molecule has 4 heteroatoms. The fourth-order valence-electron chi connectivity index (χ4n) is 1.47. The Hall–Kier alpha value is -0.770. The van der Waals surface area contributed by atoms with Crippen molar-refractivity contribution >= 4 is 11.6 Å². The van der Waals surface area contributed by atoms with E-state index in [1.165, 1.54) is 0 Å². The Labute approximate surface area is 101 Å². The summed E-state index contributed by atoms with van der Waals surface area (Å²) in [7, 11) is 1.57. The van der Waals surface area contributed by atoms with Gasteiger partial charge < -0.3 is 15.6 Å². The Bertz CT molecular complexity index is 385. The molecule has 3 nitrogen and oxygen atoms in total. The molecule has 0 radical (unpaired) electrons. The van der Waals surface area contributed by atoms with E-state index in [1.54, 1.807) is 27.0 Å². The quantitative estimate of drug-likeness (QED) is 0.857. The number of nitrogens with two attached hydrogens (primary N) is 1. The van der Waals surface area contributed by atoms with Crippen molar-refractivity contribution in [2.24, 2.45) is 5.73 Å². The van der Waals surface area contributed by atoms with Gasteiger partial charge in [0.05, 0.1) is 18.8 Å². The minimum atomic E-state index is -1.02. The molecule has 0 aliphatic carbocycles. The predicted molar refractivity (Wildman–Crippen MR) is 66.0 cm³/mol. The van der Waals surface area contributed by atoms with E-state index in [0.717, 1.165) is 5.56 Å². The van der Waals surface area contributed by atoms with Crippen LogP contribution in [-0.2, 0) is 0 Å². The van der Waals surface area contributed by atoms with Gasteiger partial charge >= 0.3 is 0 Å². The zero-order valence-corrected chi connectivity index (χ0v) is 10.8. The van der Waals surface area contributed by atoms with Gasteiger partial charge in [-0.1, -0.05) is 11.6 Å². The standard InChI is InChI=1S/C12H18ClNO2/c1-7-5-10(16-4)8(6-9(7)13)11(14)12(2,3)15/h5-6,11,15H,14H2,1-4H3. The fraction of sp³-hybridized carbons (Fsp3) is 0.500. The van der Waals surface area contributed by atoms with Crippen molar-refractivity contribution in [1.82, 2.24) is 0 Å². The summed E-state index contributed by atoms with van der Waals surface area (Å²) < 4.78 is 5.25. The molecular formula is C12H18ClNO2. The minimum absolute atomic E-state index is 0.541. The van der Waals surface area contributed by atoms with E-state index in [4.69, 9.17) is 22.1 Å². The summed E-state index contributed by atoms with van der Waals surface area (Å²) in [6, 6.07) is 3.03. The molecule has 16 heavy (non-hydrogen) atoms. The average molecular weight is 244 g/mol. The number of rotatable bonds is 3. The number of benzene rings is 1. The Morgan fingerprint density at radius 2 is 2.00 bits per heavy atom. The molecule has 1 aromatic carbocycles. The zero-order chi connectivity index (χ0) is 12.5. The summed E-state index contributed by atoms with van der Waals surface area (Å²) in [5.41, 5.74) is 6.59. The molecule has 0 saturated heterocycles. The minimum Gasteiger partial charge on any atom is -0.496 e. The lowest BCUT2D eigenvalue weighted by Crippen LogP contribution is -2.35. The summed E-state index contributed by atoms with van der Waals surface area (Å²) in [6.45, 7) is 5.21. The lowest BCUT2D eigenvalue weighted by molar-refractivity contribution is 0.0508. The molecular weight excluding hydrogens is 226 g/mol. The molecule has 0 fully saturated rings. The first-order valence-electron chi connectivity index (χ1n) is 5.09. The molecule has 1 aromatic rings. The van der Waals surface area contributed by atoms with Crippen molar-refractivity contribution in [2.75, 3.05) is 7.11 Å². The van der Waals surface area contributed by atoms with Gasteiger partial charge in [0, 0.05) is 10.6 Å². The molecule has 3 N–H and O–H groups in total. The van der Waals surface area contributed by atoms with Crippen molar-refractivity contribution in [2.45, 2.75) is 32.4 Å². The first-order chi connectivity index (χ1) is 7.27. The smallest absolute Gasteiger partial charge is 0.124 e. The second-order valence-corrected chi connectivity index (χ2v) is 4.88. The SMILES string of the molecule is COc1cc(C)c(Cl)cc1C(N)C(C)(C)O. The van der Waals surface area contributed by atoms with Gasteiger partial charge in [0.2, 0.25) is 0 Å². The maximum absolute atomic E-state index is 9.90. The summed E-state index contributed by atoms with van der Waals surface area (Å²) >= 11 is 6.04. The van der Waals surface area contributed by atoms with E-state index in [1.807, 2.05) is 13.0 Å². The van der Waals surface area contributed by atoms with Crippen LogP contribution in [0.4, 0.5) is 0 Å². The van der Waals surface area contributed by atoms with Crippen molar-refractivity contribution in [1.29, 1.82) is 0 Å². The Kier molecular flexibility index (Phi) is 3.84. The summed E-state index contributed by atoms with van der Waals surface area (Å²) in [6.07, 6.45) is 0. The summed E-state index contributed by atoms with van der Waals surface area (Å²) in [5.74, 6) is 0.650. The number of aliphatic hydroxyl groups is 1. The van der Waals surface area contributed by atoms with Crippen molar-refractivity contribution in [3.8, 4) is 5.75 Å². The van der Waals surface area contributed by atoms with E-state index in [0.29, 0.717) is 16.3 Å². The van der Waals surface area contributed by atoms with Crippen LogP contribution in [0.1, 0.15) is 31.0 Å². The van der Waals surface area contributed by atoms with Crippen LogP contribution in [0.25, 0.3) is 0 Å². The monoisotopic (exact) mass is 243 g/mol. The summed E-state index contributed by atoms with van der Waals surface area (Å²) in [5, 5.41) is 10.5. The largest absolute Gasteiger partial charge is 0.496 e. The van der Waals surface area contributed by atoms with Gasteiger partial charge in [-0.15, -0.1) is 0 Å². The third kappa shape index (κ3) is 2.67. The van der Waals surface area contributed by atoms with E-state index < -0.39 is 11.6 Å². The molecule has 0 saturated carbocycles. The number of methoxy groups -OCH3 is 1. The molecule has 1 atom stereocenters. The normalized spacial score (nSPS) is 13.7. The van der Waals surface area contributed by atoms with Gasteiger partial charge in [0.25, 0.3) is 0 Å². The number of aryl methyl sites for hydroxylation is 1. The van der Waals surface area contributed by atoms with E-state index >= 15 is 0 Å². The number of halogens is 1. The number of hydrogen-bond donors (Lipinski definition) is 2. The first-order valence-corrected chi connectivity index (χ1v) is 5.47. The van der Waals surface area contributed by atoms with Gasteiger partial charge in [-0.3, -0.25) is 0 Å². The van der Waals surface area contributed by atoms with Crippen LogP contribution in [0.15, 0.2) is 12.1 Å². The van der Waals surface area contributed by atoms with E-state index in [-0.39, 0.29) is 0 Å². The van der Waals surface area contributed by atoms with Gasteiger partial charge in [0.15, 0.2) is 0 Å². The van der Waals surface area contributed by atoms with Crippen LogP contribution in [0.5, 0.6) is 5.75 Å². The number of hydrogen-bond acceptors (Lipinski definition) is 3. The third-order valence-corrected chi connectivity index (χ3v) is 3.01. The second-order valence-electron chi connectivity index (χ2n) is 4.47. The highest BCUT2D eigenvalue weighted by atomic mass is 35.5. The van der Waals surface area contributed by atoms with Crippen LogP contribution in [0, 0.1) is 6.92 Å². The highest BCUT2D eigenvalue weighted by molar-refractivity contribution is 6.31. The molecule has 90 valence electrons. The molecule has 0 aliphatic heterocycles. The Morgan fingerprint density at radius 3 is 2.44 bits per heavy atom. The van der Waals surface area contributed by atoms with Crippen LogP contribution in [0.2, 0.25) is 5.02 Å². The molecule has 0 spiro atoms. The van der Waals surface area contributed by atoms with Crippen molar-refractivity contribution < 1.29 is 9.84 Å². The maximum Gasteiger partial charge on any atom is 0.124 e. The van der Waals surface area contributed by atoms with Crippen molar-refractivity contribution in [3.05, 3.63) is 28.3 Å². The van der Waals surface area contributed by atoms with Gasteiger partial charge in [-0.2, -0.15) is 0 Å². The van der Waals surface area contributed by atoms with Crippen molar-refractivity contribution in [3.63, 3.8) is 0 Å². The zero-order valence-electron chi connectivity index (χ0n) is 10.0. The highest BCUT2D eigenvalue weighted by Crippen LogP contribution is 2.34. The molecule has 0 amide bonds. The Balaban J connectivity index is 3.27. The average Bonchev–Trinajstić information content (AvgIpc) is 2.19. The highest BCUT2D eigenvalue weighted by Gasteiger charge is 2.27. The molecule has 0 bridgehead atoms.